The smallest absolute Gasteiger partial charge is 0.302 e. The van der Waals surface area contributed by atoms with Gasteiger partial charge in [-0.1, -0.05) is 56.9 Å². The van der Waals surface area contributed by atoms with Gasteiger partial charge in [-0.15, -0.1) is 0 Å². The summed E-state index contributed by atoms with van der Waals surface area (Å²) < 4.78 is 4.89. The molecule has 0 aromatic rings. The molecule has 0 aliphatic carbocycles. The number of carbonyl (C=O) groups excluding carboxylic acids is 1. The molecular formula is C18H32O2. The molecule has 0 N–H and O–H groups in total. The Morgan fingerprint density at radius 2 is 1.35 bits per heavy atom. The van der Waals surface area contributed by atoms with Gasteiger partial charge in [-0.25, -0.2) is 0 Å². The molecule has 0 saturated carbocycles. The molecule has 2 nitrogen and oxygen atoms in total. The Kier molecular flexibility index (Phi) is 15.2. The molecule has 116 valence electrons. The van der Waals surface area contributed by atoms with E-state index in [1.807, 2.05) is 0 Å². The van der Waals surface area contributed by atoms with E-state index < -0.39 is 0 Å². The van der Waals surface area contributed by atoms with Crippen LogP contribution in [-0.2, 0) is 9.53 Å². The Morgan fingerprint density at radius 3 is 1.95 bits per heavy atom. The quantitative estimate of drug-likeness (QED) is 0.250. The van der Waals surface area contributed by atoms with Crippen LogP contribution in [-0.4, -0.2) is 12.6 Å². The van der Waals surface area contributed by atoms with Crippen LogP contribution in [0.1, 0.15) is 78.1 Å². The maximum absolute atomic E-state index is 10.5. The molecule has 0 unspecified atom stereocenters. The summed E-state index contributed by atoms with van der Waals surface area (Å²) in [5.41, 5.74) is 0. The van der Waals surface area contributed by atoms with E-state index in [1.165, 1.54) is 51.9 Å². The molecular weight excluding hydrogens is 248 g/mol. The van der Waals surface area contributed by atoms with Gasteiger partial charge in [0.15, 0.2) is 0 Å². The second-order valence-electron chi connectivity index (χ2n) is 5.21. The summed E-state index contributed by atoms with van der Waals surface area (Å²) in [6.45, 7) is 4.27. The average molecular weight is 280 g/mol. The number of rotatable bonds is 13. The molecule has 0 spiro atoms. The minimum atomic E-state index is -0.170. The first kappa shape index (κ1) is 18.9. The molecule has 0 saturated heterocycles. The van der Waals surface area contributed by atoms with Crippen LogP contribution in [0, 0.1) is 0 Å². The van der Waals surface area contributed by atoms with Gasteiger partial charge in [0.05, 0.1) is 6.61 Å². The molecule has 0 aliphatic rings. The highest BCUT2D eigenvalue weighted by Crippen LogP contribution is 2.05. The summed E-state index contributed by atoms with van der Waals surface area (Å²) in [4.78, 5) is 10.5. The fourth-order valence-electron chi connectivity index (χ4n) is 1.92. The van der Waals surface area contributed by atoms with Gasteiger partial charge in [0.25, 0.3) is 0 Å². The van der Waals surface area contributed by atoms with Crippen LogP contribution in [0.2, 0.25) is 0 Å². The number of hydrogen-bond acceptors (Lipinski definition) is 2. The number of hydrogen-bond donors (Lipinski definition) is 0. The molecule has 0 bridgehead atoms. The third-order valence-corrected chi connectivity index (χ3v) is 3.13. The Balaban J connectivity index is 3.16. The number of esters is 1. The van der Waals surface area contributed by atoms with E-state index in [0.717, 1.165) is 19.3 Å². The lowest BCUT2D eigenvalue weighted by Gasteiger charge is -2.00. The van der Waals surface area contributed by atoms with Gasteiger partial charge in [-0.2, -0.15) is 0 Å². The van der Waals surface area contributed by atoms with Crippen LogP contribution in [0.15, 0.2) is 24.3 Å². The standard InChI is InChI=1S/C18H32O2/c1-3-4-5-6-7-8-9-10-11-12-13-14-15-16-17-20-18(2)19/h6-7,10-11H,3-5,8-9,12-17H2,1-2H3/b7-6-,11-10-. The zero-order valence-electron chi connectivity index (χ0n) is 13.4. The third-order valence-electron chi connectivity index (χ3n) is 3.13. The Morgan fingerprint density at radius 1 is 0.800 bits per heavy atom. The molecule has 0 aliphatic heterocycles. The summed E-state index contributed by atoms with van der Waals surface area (Å²) in [5.74, 6) is -0.170. The monoisotopic (exact) mass is 280 g/mol. The number of allylic oxidation sites excluding steroid dienone is 4. The number of unbranched alkanes of at least 4 members (excludes halogenated alkanes) is 7. The lowest BCUT2D eigenvalue weighted by molar-refractivity contribution is -0.141. The predicted octanol–water partition coefficient (Wildman–Crippen LogP) is 5.58. The van der Waals surface area contributed by atoms with Gasteiger partial charge in [-0.3, -0.25) is 4.79 Å². The van der Waals surface area contributed by atoms with Crippen molar-refractivity contribution in [3.63, 3.8) is 0 Å². The van der Waals surface area contributed by atoms with Gasteiger partial charge in [0, 0.05) is 6.92 Å². The maximum Gasteiger partial charge on any atom is 0.302 e. The summed E-state index contributed by atoms with van der Waals surface area (Å²) >= 11 is 0. The van der Waals surface area contributed by atoms with Gasteiger partial charge in [-0.05, 0) is 38.5 Å². The van der Waals surface area contributed by atoms with Gasteiger partial charge >= 0.3 is 5.97 Å². The molecule has 0 radical (unpaired) electrons. The van der Waals surface area contributed by atoms with E-state index in [-0.39, 0.29) is 5.97 Å². The summed E-state index contributed by atoms with van der Waals surface area (Å²) in [7, 11) is 0. The fourth-order valence-corrected chi connectivity index (χ4v) is 1.92. The zero-order chi connectivity index (χ0) is 14.9. The van der Waals surface area contributed by atoms with Crippen LogP contribution < -0.4 is 0 Å². The summed E-state index contributed by atoms with van der Waals surface area (Å²) in [6.07, 6.45) is 21.1. The van der Waals surface area contributed by atoms with Gasteiger partial charge < -0.3 is 4.74 Å². The Hall–Kier alpha value is -1.05. The maximum atomic E-state index is 10.5. The van der Waals surface area contributed by atoms with Crippen LogP contribution in [0.5, 0.6) is 0 Å². The molecule has 0 fully saturated rings. The molecule has 0 heterocycles. The summed E-state index contributed by atoms with van der Waals surface area (Å²) in [5, 5.41) is 0. The van der Waals surface area contributed by atoms with Gasteiger partial charge in [0.2, 0.25) is 0 Å². The molecule has 0 atom stereocenters. The summed E-state index contributed by atoms with van der Waals surface area (Å²) in [6, 6.07) is 0. The zero-order valence-corrected chi connectivity index (χ0v) is 13.4. The van der Waals surface area contributed by atoms with Crippen LogP contribution in [0.4, 0.5) is 0 Å². The second-order valence-corrected chi connectivity index (χ2v) is 5.21. The largest absolute Gasteiger partial charge is 0.466 e. The van der Waals surface area contributed by atoms with E-state index in [2.05, 4.69) is 31.2 Å². The van der Waals surface area contributed by atoms with E-state index in [9.17, 15) is 4.79 Å². The minimum absolute atomic E-state index is 0.170. The highest BCUT2D eigenvalue weighted by atomic mass is 16.5. The van der Waals surface area contributed by atoms with Crippen molar-refractivity contribution >= 4 is 5.97 Å². The van der Waals surface area contributed by atoms with Crippen molar-refractivity contribution in [2.75, 3.05) is 6.61 Å². The third kappa shape index (κ3) is 16.9. The van der Waals surface area contributed by atoms with Crippen molar-refractivity contribution in [2.45, 2.75) is 78.1 Å². The van der Waals surface area contributed by atoms with Crippen molar-refractivity contribution < 1.29 is 9.53 Å². The lowest BCUT2D eigenvalue weighted by atomic mass is 10.1. The van der Waals surface area contributed by atoms with Crippen LogP contribution in [0.25, 0.3) is 0 Å². The highest BCUT2D eigenvalue weighted by Gasteiger charge is 1.92. The lowest BCUT2D eigenvalue weighted by Crippen LogP contribution is -1.99. The molecule has 0 aromatic heterocycles. The predicted molar refractivity (Wildman–Crippen MR) is 86.8 cm³/mol. The van der Waals surface area contributed by atoms with E-state index in [0.29, 0.717) is 6.61 Å². The number of carbonyl (C=O) groups is 1. The minimum Gasteiger partial charge on any atom is -0.466 e. The van der Waals surface area contributed by atoms with E-state index >= 15 is 0 Å². The topological polar surface area (TPSA) is 26.3 Å². The van der Waals surface area contributed by atoms with Crippen LogP contribution in [0.3, 0.4) is 0 Å². The Bertz CT molecular complexity index is 267. The van der Waals surface area contributed by atoms with Crippen molar-refractivity contribution in [3.05, 3.63) is 24.3 Å². The van der Waals surface area contributed by atoms with Gasteiger partial charge in [0.1, 0.15) is 0 Å². The first-order valence-corrected chi connectivity index (χ1v) is 8.20. The average Bonchev–Trinajstić information content (AvgIpc) is 2.43. The van der Waals surface area contributed by atoms with E-state index in [4.69, 9.17) is 4.74 Å². The van der Waals surface area contributed by atoms with Crippen LogP contribution >= 0.6 is 0 Å². The fraction of sp³-hybridized carbons (Fsp3) is 0.722. The Labute approximate surface area is 125 Å². The molecule has 0 amide bonds. The van der Waals surface area contributed by atoms with Crippen molar-refractivity contribution in [1.82, 2.24) is 0 Å². The number of ether oxygens (including phenoxy) is 1. The first-order chi connectivity index (χ1) is 9.77. The molecule has 2 heteroatoms. The van der Waals surface area contributed by atoms with E-state index in [1.54, 1.807) is 0 Å². The SMILES string of the molecule is CCCC/C=C\CC/C=C\CCCCCCOC(C)=O. The highest BCUT2D eigenvalue weighted by molar-refractivity contribution is 5.65. The normalized spacial score (nSPS) is 11.5. The van der Waals surface area contributed by atoms with Crippen molar-refractivity contribution in [2.24, 2.45) is 0 Å². The second kappa shape index (κ2) is 16.0. The first-order valence-electron chi connectivity index (χ1n) is 8.20. The van der Waals surface area contributed by atoms with Crippen molar-refractivity contribution in [3.8, 4) is 0 Å². The van der Waals surface area contributed by atoms with Crippen molar-refractivity contribution in [1.29, 1.82) is 0 Å². The molecule has 0 rings (SSSR count). The molecule has 0 aromatic carbocycles. The molecule has 20 heavy (non-hydrogen) atoms.